The first-order chi connectivity index (χ1) is 9.65. The number of rotatable bonds is 4. The largest absolute Gasteiger partial charge is 0.330 e. The Bertz CT molecular complexity index is 791. The zero-order valence-corrected chi connectivity index (χ0v) is 12.1. The minimum absolute atomic E-state index is 0.104. The number of benzene rings is 1. The maximum atomic E-state index is 13.4. The van der Waals surface area contributed by atoms with E-state index in [1.165, 1.54) is 6.07 Å². The lowest BCUT2D eigenvalue weighted by atomic mass is 10.3. The van der Waals surface area contributed by atoms with Crippen LogP contribution in [0.4, 0.5) is 4.39 Å². The molecule has 7 heteroatoms. The molecule has 0 saturated heterocycles. The first kappa shape index (κ1) is 13.3. The van der Waals surface area contributed by atoms with Crippen molar-refractivity contribution in [3.05, 3.63) is 46.2 Å². The van der Waals surface area contributed by atoms with E-state index in [4.69, 9.17) is 23.8 Å². The Hall–Kier alpha value is -1.66. The Morgan fingerprint density at radius 1 is 1.35 bits per heavy atom. The summed E-state index contributed by atoms with van der Waals surface area (Å²) >= 11 is 11.1. The van der Waals surface area contributed by atoms with Gasteiger partial charge in [0.25, 0.3) is 0 Å². The number of nitrogens with one attached hydrogen (secondary N) is 1. The summed E-state index contributed by atoms with van der Waals surface area (Å²) in [6.45, 7) is 1.52. The lowest BCUT2D eigenvalue weighted by Gasteiger charge is -2.05. The van der Waals surface area contributed by atoms with Crippen LogP contribution in [0, 0.1) is 10.6 Å². The number of hydrogen-bond acceptors (Lipinski definition) is 2. The first-order valence-electron chi connectivity index (χ1n) is 6.20. The average molecular weight is 311 g/mol. The number of aromatic nitrogens is 4. The molecule has 2 heterocycles. The fraction of sp³-hybridized carbons (Fsp3) is 0.231. The smallest absolute Gasteiger partial charge is 0.178 e. The monoisotopic (exact) mass is 310 g/mol. The normalized spacial score (nSPS) is 11.3. The van der Waals surface area contributed by atoms with Crippen LogP contribution in [0.3, 0.4) is 0 Å². The number of aryl methyl sites for hydroxylation is 2. The third-order valence-electron chi connectivity index (χ3n) is 3.14. The molecule has 0 aliphatic rings. The van der Waals surface area contributed by atoms with Crippen molar-refractivity contribution in [2.75, 3.05) is 0 Å². The second-order valence-electron chi connectivity index (χ2n) is 4.49. The minimum atomic E-state index is -0.445. The van der Waals surface area contributed by atoms with Gasteiger partial charge in [-0.3, -0.25) is 4.68 Å². The average Bonchev–Trinajstić information content (AvgIpc) is 3.01. The molecule has 4 nitrogen and oxygen atoms in total. The predicted molar refractivity (Wildman–Crippen MR) is 78.9 cm³/mol. The van der Waals surface area contributed by atoms with Crippen LogP contribution in [0.5, 0.6) is 0 Å². The standard InChI is InChI=1S/C13H12ClFN4S/c14-9-7-12-11(8-10(9)15)17-13(20)19(12)6-2-5-18-4-1-3-16-18/h1,3-4,7-8H,2,5-6H2,(H,17,20). The topological polar surface area (TPSA) is 38.5 Å². The van der Waals surface area contributed by atoms with E-state index in [0.717, 1.165) is 25.0 Å². The molecule has 0 aliphatic carbocycles. The summed E-state index contributed by atoms with van der Waals surface area (Å²) in [6.07, 6.45) is 4.54. The molecule has 3 rings (SSSR count). The molecule has 0 aliphatic heterocycles. The molecule has 1 aromatic carbocycles. The Labute approximate surface area is 124 Å². The highest BCUT2D eigenvalue weighted by Gasteiger charge is 2.08. The van der Waals surface area contributed by atoms with Crippen molar-refractivity contribution in [3.8, 4) is 0 Å². The third-order valence-corrected chi connectivity index (χ3v) is 3.76. The van der Waals surface area contributed by atoms with Crippen LogP contribution in [-0.4, -0.2) is 19.3 Å². The molecular formula is C13H12ClFN4S. The van der Waals surface area contributed by atoms with Crippen molar-refractivity contribution >= 4 is 34.9 Å². The molecule has 0 fully saturated rings. The van der Waals surface area contributed by atoms with E-state index in [9.17, 15) is 4.39 Å². The Morgan fingerprint density at radius 3 is 2.95 bits per heavy atom. The van der Waals surface area contributed by atoms with Gasteiger partial charge in [0.1, 0.15) is 5.82 Å². The quantitative estimate of drug-likeness (QED) is 0.745. The summed E-state index contributed by atoms with van der Waals surface area (Å²) in [5.41, 5.74) is 1.48. The van der Waals surface area contributed by atoms with Crippen molar-refractivity contribution in [3.63, 3.8) is 0 Å². The van der Waals surface area contributed by atoms with E-state index >= 15 is 0 Å². The highest BCUT2D eigenvalue weighted by atomic mass is 35.5. The first-order valence-corrected chi connectivity index (χ1v) is 6.99. The predicted octanol–water partition coefficient (Wildman–Crippen LogP) is 3.78. The van der Waals surface area contributed by atoms with Crippen LogP contribution in [-0.2, 0) is 13.1 Å². The molecule has 104 valence electrons. The summed E-state index contributed by atoms with van der Waals surface area (Å²) < 4.78 is 17.8. The van der Waals surface area contributed by atoms with Gasteiger partial charge < -0.3 is 9.55 Å². The lowest BCUT2D eigenvalue weighted by molar-refractivity contribution is 0.530. The number of H-pyrrole nitrogens is 1. The fourth-order valence-corrected chi connectivity index (χ4v) is 2.65. The Morgan fingerprint density at radius 2 is 2.20 bits per heavy atom. The zero-order valence-electron chi connectivity index (χ0n) is 10.5. The maximum Gasteiger partial charge on any atom is 0.178 e. The molecule has 0 spiro atoms. The van der Waals surface area contributed by atoms with E-state index in [1.807, 2.05) is 21.5 Å². The highest BCUT2D eigenvalue weighted by molar-refractivity contribution is 7.71. The molecule has 0 amide bonds. The van der Waals surface area contributed by atoms with Crippen LogP contribution in [0.2, 0.25) is 5.02 Å². The zero-order chi connectivity index (χ0) is 14.1. The summed E-state index contributed by atoms with van der Waals surface area (Å²) in [7, 11) is 0. The minimum Gasteiger partial charge on any atom is -0.330 e. The van der Waals surface area contributed by atoms with Crippen molar-refractivity contribution in [1.29, 1.82) is 0 Å². The van der Waals surface area contributed by atoms with Crippen molar-refractivity contribution in [2.24, 2.45) is 0 Å². The van der Waals surface area contributed by atoms with E-state index in [1.54, 1.807) is 12.3 Å². The van der Waals surface area contributed by atoms with Gasteiger partial charge in [0.05, 0.1) is 16.1 Å². The third kappa shape index (κ3) is 2.48. The molecule has 0 unspecified atom stereocenters. The summed E-state index contributed by atoms with van der Waals surface area (Å²) in [5, 5.41) is 4.25. The molecule has 0 radical (unpaired) electrons. The summed E-state index contributed by atoms with van der Waals surface area (Å²) in [5.74, 6) is -0.445. The molecule has 0 bridgehead atoms. The number of nitrogens with zero attached hydrogens (tertiary/aromatic N) is 3. The van der Waals surface area contributed by atoms with Gasteiger partial charge in [0, 0.05) is 31.5 Å². The van der Waals surface area contributed by atoms with Gasteiger partial charge in [-0.05, 0) is 30.8 Å². The number of halogens is 2. The van der Waals surface area contributed by atoms with E-state index in [-0.39, 0.29) is 5.02 Å². The second-order valence-corrected chi connectivity index (χ2v) is 5.28. The van der Waals surface area contributed by atoms with Gasteiger partial charge in [-0.25, -0.2) is 4.39 Å². The highest BCUT2D eigenvalue weighted by Crippen LogP contribution is 2.23. The number of aromatic amines is 1. The van der Waals surface area contributed by atoms with E-state index in [0.29, 0.717) is 10.3 Å². The molecular weight excluding hydrogens is 299 g/mol. The Balaban J connectivity index is 1.85. The molecule has 2 aromatic heterocycles. The van der Waals surface area contributed by atoms with Gasteiger partial charge in [0.2, 0.25) is 0 Å². The number of imidazole rings is 1. The van der Waals surface area contributed by atoms with Gasteiger partial charge >= 0.3 is 0 Å². The molecule has 20 heavy (non-hydrogen) atoms. The SMILES string of the molecule is Fc1cc2[nH]c(=S)n(CCCn3cccn3)c2cc1Cl. The molecule has 0 saturated carbocycles. The second kappa shape index (κ2) is 5.38. The maximum absolute atomic E-state index is 13.4. The summed E-state index contributed by atoms with van der Waals surface area (Å²) in [6, 6.07) is 4.86. The van der Waals surface area contributed by atoms with Crippen LogP contribution in [0.1, 0.15) is 6.42 Å². The van der Waals surface area contributed by atoms with Crippen molar-refractivity contribution in [2.45, 2.75) is 19.5 Å². The fourth-order valence-electron chi connectivity index (χ4n) is 2.20. The van der Waals surface area contributed by atoms with Gasteiger partial charge in [-0.15, -0.1) is 0 Å². The van der Waals surface area contributed by atoms with Gasteiger partial charge in [-0.2, -0.15) is 5.10 Å². The number of hydrogen-bond donors (Lipinski definition) is 1. The van der Waals surface area contributed by atoms with Crippen LogP contribution in [0.25, 0.3) is 11.0 Å². The van der Waals surface area contributed by atoms with E-state index in [2.05, 4.69) is 10.1 Å². The van der Waals surface area contributed by atoms with Crippen LogP contribution in [0.15, 0.2) is 30.6 Å². The van der Waals surface area contributed by atoms with E-state index < -0.39 is 5.82 Å². The van der Waals surface area contributed by atoms with Crippen LogP contribution < -0.4 is 0 Å². The molecule has 3 aromatic rings. The van der Waals surface area contributed by atoms with Gasteiger partial charge in [-0.1, -0.05) is 11.6 Å². The lowest BCUT2D eigenvalue weighted by Crippen LogP contribution is -2.04. The van der Waals surface area contributed by atoms with Crippen molar-refractivity contribution in [1.82, 2.24) is 19.3 Å². The molecule has 1 N–H and O–H groups in total. The van der Waals surface area contributed by atoms with Crippen molar-refractivity contribution < 1.29 is 4.39 Å². The van der Waals surface area contributed by atoms with Gasteiger partial charge in [0.15, 0.2) is 4.77 Å². The Kier molecular flexibility index (Phi) is 3.58. The summed E-state index contributed by atoms with van der Waals surface area (Å²) in [4.78, 5) is 3.00. The van der Waals surface area contributed by atoms with Crippen LogP contribution >= 0.6 is 23.8 Å². The molecule has 0 atom stereocenters. The number of fused-ring (bicyclic) bond motifs is 1.